The fraction of sp³-hybridized carbons (Fsp3) is 0.300. The lowest BCUT2D eigenvalue weighted by Gasteiger charge is -2.25. The van der Waals surface area contributed by atoms with Crippen molar-refractivity contribution in [3.05, 3.63) is 51.7 Å². The van der Waals surface area contributed by atoms with Crippen LogP contribution in [-0.4, -0.2) is 55.4 Å². The molecular weight excluding hydrogens is 476 g/mol. The number of hydrogen-bond donors (Lipinski definition) is 0. The van der Waals surface area contributed by atoms with E-state index in [-0.39, 0.29) is 16.4 Å². The monoisotopic (exact) mass is 496 g/mol. The van der Waals surface area contributed by atoms with Gasteiger partial charge < -0.3 is 9.47 Å². The van der Waals surface area contributed by atoms with Gasteiger partial charge in [0.05, 0.1) is 12.8 Å². The molecule has 0 amide bonds. The number of thiazole rings is 1. The van der Waals surface area contributed by atoms with E-state index < -0.39 is 16.0 Å². The second-order valence-electron chi connectivity index (χ2n) is 6.58. The zero-order chi connectivity index (χ0) is 21.8. The molecule has 3 aromatic rings. The van der Waals surface area contributed by atoms with Crippen molar-refractivity contribution in [2.24, 2.45) is 0 Å². The fourth-order valence-corrected chi connectivity index (χ4v) is 7.70. The van der Waals surface area contributed by atoms with Crippen molar-refractivity contribution < 1.29 is 22.7 Å². The maximum absolute atomic E-state index is 13.0. The Bertz CT molecular complexity index is 1170. The van der Waals surface area contributed by atoms with E-state index in [9.17, 15) is 13.2 Å². The van der Waals surface area contributed by atoms with Crippen molar-refractivity contribution >= 4 is 50.4 Å². The molecule has 7 nitrogen and oxygen atoms in total. The van der Waals surface area contributed by atoms with Crippen molar-refractivity contribution in [1.29, 1.82) is 0 Å². The Morgan fingerprint density at radius 2 is 2.00 bits per heavy atom. The van der Waals surface area contributed by atoms with Crippen LogP contribution in [0.25, 0.3) is 10.6 Å². The first-order valence-corrected chi connectivity index (χ1v) is 13.8. The molecule has 1 aromatic carbocycles. The SMILES string of the molecule is COc1cccc(-c2nc(COC(=O)c3sccc3S(=O)(=O)N3CCSCC3)cs2)c1. The summed E-state index contributed by atoms with van der Waals surface area (Å²) in [6.45, 7) is 0.865. The summed E-state index contributed by atoms with van der Waals surface area (Å²) in [4.78, 5) is 17.3. The molecule has 0 bridgehead atoms. The molecule has 4 rings (SSSR count). The second-order valence-corrected chi connectivity index (χ2v) is 11.5. The predicted octanol–water partition coefficient (Wildman–Crippen LogP) is 3.97. The fourth-order valence-electron chi connectivity index (χ4n) is 3.04. The van der Waals surface area contributed by atoms with Crippen molar-refractivity contribution in [2.75, 3.05) is 31.7 Å². The molecule has 1 aliphatic heterocycles. The second kappa shape index (κ2) is 9.70. The van der Waals surface area contributed by atoms with E-state index in [0.29, 0.717) is 18.8 Å². The third-order valence-electron chi connectivity index (χ3n) is 4.62. The molecule has 11 heteroatoms. The van der Waals surface area contributed by atoms with Crippen LogP contribution in [0.1, 0.15) is 15.4 Å². The van der Waals surface area contributed by atoms with Crippen LogP contribution in [0.5, 0.6) is 5.75 Å². The Balaban J connectivity index is 1.45. The molecule has 0 unspecified atom stereocenters. The minimum atomic E-state index is -3.71. The molecule has 0 aliphatic carbocycles. The minimum absolute atomic E-state index is 0.0183. The molecule has 0 saturated carbocycles. The molecule has 31 heavy (non-hydrogen) atoms. The number of sulfonamides is 1. The highest BCUT2D eigenvalue weighted by Gasteiger charge is 2.31. The maximum atomic E-state index is 13.0. The van der Waals surface area contributed by atoms with Gasteiger partial charge in [-0.2, -0.15) is 16.1 Å². The molecule has 0 radical (unpaired) electrons. The molecule has 1 aliphatic rings. The molecular formula is C20H20N2O5S4. The standard InChI is InChI=1S/C20H20N2O5S4/c1-26-16-4-2-3-14(11-16)19-21-15(13-30-19)12-27-20(23)18-17(5-8-29-18)31(24,25)22-6-9-28-10-7-22/h2-5,8,11,13H,6-7,9-10,12H2,1H3. The zero-order valence-corrected chi connectivity index (χ0v) is 19.9. The first-order valence-electron chi connectivity index (χ1n) is 9.40. The van der Waals surface area contributed by atoms with Gasteiger partial charge in [0, 0.05) is 35.5 Å². The van der Waals surface area contributed by atoms with Gasteiger partial charge in [-0.05, 0) is 23.6 Å². The van der Waals surface area contributed by atoms with Gasteiger partial charge in [0.1, 0.15) is 27.1 Å². The highest BCUT2D eigenvalue weighted by atomic mass is 32.2. The molecule has 0 spiro atoms. The summed E-state index contributed by atoms with van der Waals surface area (Å²) >= 11 is 4.23. The van der Waals surface area contributed by atoms with Gasteiger partial charge in [-0.3, -0.25) is 0 Å². The van der Waals surface area contributed by atoms with Crippen molar-refractivity contribution in [1.82, 2.24) is 9.29 Å². The van der Waals surface area contributed by atoms with E-state index in [2.05, 4.69) is 4.98 Å². The number of thioether (sulfide) groups is 1. The van der Waals surface area contributed by atoms with Gasteiger partial charge in [0.15, 0.2) is 0 Å². The molecule has 0 atom stereocenters. The smallest absolute Gasteiger partial charge is 0.350 e. The van der Waals surface area contributed by atoms with Crippen LogP contribution in [-0.2, 0) is 21.4 Å². The van der Waals surface area contributed by atoms with Crippen LogP contribution >= 0.6 is 34.4 Å². The van der Waals surface area contributed by atoms with Gasteiger partial charge in [-0.1, -0.05) is 12.1 Å². The van der Waals surface area contributed by atoms with Crippen LogP contribution in [0.3, 0.4) is 0 Å². The Morgan fingerprint density at radius 3 is 2.77 bits per heavy atom. The summed E-state index contributed by atoms with van der Waals surface area (Å²) < 4.78 is 38.0. The van der Waals surface area contributed by atoms with Gasteiger partial charge in [0.25, 0.3) is 0 Å². The van der Waals surface area contributed by atoms with Crippen LogP contribution in [0.2, 0.25) is 0 Å². The lowest BCUT2D eigenvalue weighted by atomic mass is 10.2. The van der Waals surface area contributed by atoms with E-state index >= 15 is 0 Å². The van der Waals surface area contributed by atoms with Crippen LogP contribution in [0.4, 0.5) is 0 Å². The molecule has 164 valence electrons. The molecule has 1 saturated heterocycles. The first kappa shape index (κ1) is 22.3. The summed E-state index contributed by atoms with van der Waals surface area (Å²) in [5.74, 6) is 1.58. The lowest BCUT2D eigenvalue weighted by molar-refractivity contribution is 0.0470. The Hall–Kier alpha value is -1.92. The highest BCUT2D eigenvalue weighted by Crippen LogP contribution is 2.29. The van der Waals surface area contributed by atoms with Gasteiger partial charge in [-0.15, -0.1) is 22.7 Å². The van der Waals surface area contributed by atoms with Crippen molar-refractivity contribution in [2.45, 2.75) is 11.5 Å². The number of carbonyl (C=O) groups is 1. The number of carbonyl (C=O) groups excluding carboxylic acids is 1. The number of esters is 1. The van der Waals surface area contributed by atoms with Crippen LogP contribution in [0, 0.1) is 0 Å². The van der Waals surface area contributed by atoms with Crippen molar-refractivity contribution in [3.63, 3.8) is 0 Å². The zero-order valence-electron chi connectivity index (χ0n) is 16.6. The molecule has 1 fully saturated rings. The average Bonchev–Trinajstić information content (AvgIpc) is 3.48. The van der Waals surface area contributed by atoms with Gasteiger partial charge in [0.2, 0.25) is 10.0 Å². The maximum Gasteiger partial charge on any atom is 0.350 e. The molecule has 3 heterocycles. The highest BCUT2D eigenvalue weighted by molar-refractivity contribution is 7.99. The summed E-state index contributed by atoms with van der Waals surface area (Å²) in [6, 6.07) is 9.03. The number of ether oxygens (including phenoxy) is 2. The van der Waals surface area contributed by atoms with Gasteiger partial charge >= 0.3 is 5.97 Å². The number of benzene rings is 1. The van der Waals surface area contributed by atoms with Crippen LogP contribution in [0.15, 0.2) is 46.0 Å². The summed E-state index contributed by atoms with van der Waals surface area (Å²) in [7, 11) is -2.11. The number of thiophene rings is 1. The summed E-state index contributed by atoms with van der Waals surface area (Å²) in [5, 5.41) is 4.21. The Morgan fingerprint density at radius 1 is 1.19 bits per heavy atom. The summed E-state index contributed by atoms with van der Waals surface area (Å²) in [6.07, 6.45) is 0. The number of hydrogen-bond acceptors (Lipinski definition) is 9. The lowest BCUT2D eigenvalue weighted by Crippen LogP contribution is -2.38. The molecule has 0 N–H and O–H groups in total. The largest absolute Gasteiger partial charge is 0.497 e. The molecule has 2 aromatic heterocycles. The topological polar surface area (TPSA) is 85.8 Å². The van der Waals surface area contributed by atoms with Crippen molar-refractivity contribution in [3.8, 4) is 16.3 Å². The summed E-state index contributed by atoms with van der Waals surface area (Å²) in [5.41, 5.74) is 1.51. The number of nitrogens with zero attached hydrogens (tertiary/aromatic N) is 2. The van der Waals surface area contributed by atoms with E-state index in [1.165, 1.54) is 21.7 Å². The number of methoxy groups -OCH3 is 1. The van der Waals surface area contributed by atoms with Crippen LogP contribution < -0.4 is 4.74 Å². The minimum Gasteiger partial charge on any atom is -0.497 e. The Labute approximate surface area is 193 Å². The predicted molar refractivity (Wildman–Crippen MR) is 124 cm³/mol. The third-order valence-corrected chi connectivity index (χ3v) is 9.47. The van der Waals surface area contributed by atoms with E-state index in [0.717, 1.165) is 39.2 Å². The Kier molecular flexibility index (Phi) is 6.97. The average molecular weight is 497 g/mol. The number of aromatic nitrogens is 1. The quantitative estimate of drug-likeness (QED) is 0.458. The third kappa shape index (κ3) is 4.96. The van der Waals surface area contributed by atoms with E-state index in [1.54, 1.807) is 24.3 Å². The van der Waals surface area contributed by atoms with E-state index in [1.807, 2.05) is 29.6 Å². The number of rotatable bonds is 7. The van der Waals surface area contributed by atoms with E-state index in [4.69, 9.17) is 9.47 Å². The first-order chi connectivity index (χ1) is 15.0. The van der Waals surface area contributed by atoms with Gasteiger partial charge in [-0.25, -0.2) is 18.2 Å². The normalized spacial score (nSPS) is 15.0.